The van der Waals surface area contributed by atoms with Crippen LogP contribution in [0.3, 0.4) is 0 Å². The Morgan fingerprint density at radius 2 is 1.91 bits per heavy atom. The second kappa shape index (κ2) is 8.58. The second-order valence-corrected chi connectivity index (χ2v) is 7.46. The third-order valence-electron chi connectivity index (χ3n) is 5.33. The number of hydrogen-bond acceptors (Lipinski definition) is 6. The number of aromatic amines is 1. The van der Waals surface area contributed by atoms with E-state index in [2.05, 4.69) is 25.5 Å². The lowest BCUT2D eigenvalue weighted by molar-refractivity contribution is 0.0580. The molecule has 0 bridgehead atoms. The first-order valence-electron chi connectivity index (χ1n) is 10.3. The van der Waals surface area contributed by atoms with E-state index in [-0.39, 0.29) is 17.8 Å². The van der Waals surface area contributed by atoms with E-state index in [1.54, 1.807) is 52.3 Å². The Kier molecular flexibility index (Phi) is 5.32. The van der Waals surface area contributed by atoms with Crippen LogP contribution in [0.4, 0.5) is 4.39 Å². The summed E-state index contributed by atoms with van der Waals surface area (Å²) in [5.74, 6) is 0.628. The fourth-order valence-corrected chi connectivity index (χ4v) is 3.62. The van der Waals surface area contributed by atoms with Crippen molar-refractivity contribution >= 4 is 5.91 Å². The van der Waals surface area contributed by atoms with Gasteiger partial charge in [0.2, 0.25) is 5.88 Å². The van der Waals surface area contributed by atoms with E-state index in [1.807, 2.05) is 6.07 Å². The lowest BCUT2D eigenvalue weighted by Gasteiger charge is -2.31. The highest BCUT2D eigenvalue weighted by atomic mass is 19.1. The molecule has 1 amide bonds. The van der Waals surface area contributed by atoms with E-state index in [1.165, 1.54) is 12.1 Å². The van der Waals surface area contributed by atoms with Crippen LogP contribution in [0.2, 0.25) is 0 Å². The van der Waals surface area contributed by atoms with Gasteiger partial charge in [0, 0.05) is 50.0 Å². The van der Waals surface area contributed by atoms with Gasteiger partial charge in [0.25, 0.3) is 5.91 Å². The maximum Gasteiger partial charge on any atom is 0.271 e. The molecule has 1 saturated heterocycles. The molecule has 5 rings (SSSR count). The quantitative estimate of drug-likeness (QED) is 0.519. The summed E-state index contributed by atoms with van der Waals surface area (Å²) in [6.45, 7) is 1.13. The van der Waals surface area contributed by atoms with Gasteiger partial charge in [-0.1, -0.05) is 0 Å². The van der Waals surface area contributed by atoms with Crippen molar-refractivity contribution in [1.29, 1.82) is 0 Å². The van der Waals surface area contributed by atoms with Crippen molar-refractivity contribution in [1.82, 2.24) is 35.1 Å². The van der Waals surface area contributed by atoms with Gasteiger partial charge < -0.3 is 9.64 Å². The van der Waals surface area contributed by atoms with E-state index in [4.69, 9.17) is 4.74 Å². The number of amides is 1. The highest BCUT2D eigenvalue weighted by Gasteiger charge is 2.26. The van der Waals surface area contributed by atoms with Crippen molar-refractivity contribution in [2.45, 2.75) is 18.9 Å². The molecule has 4 heterocycles. The maximum atomic E-state index is 13.1. The zero-order valence-electron chi connectivity index (χ0n) is 17.1. The van der Waals surface area contributed by atoms with Crippen LogP contribution >= 0.6 is 0 Å². The molecule has 9 nitrogen and oxygen atoms in total. The third-order valence-corrected chi connectivity index (χ3v) is 5.33. The number of piperidine rings is 1. The fraction of sp³-hybridized carbons (Fsp3) is 0.227. The Morgan fingerprint density at radius 3 is 2.59 bits per heavy atom. The van der Waals surface area contributed by atoms with Crippen molar-refractivity contribution in [3.05, 3.63) is 72.4 Å². The molecular weight excluding hydrogens is 413 g/mol. The Hall–Kier alpha value is -4.08. The van der Waals surface area contributed by atoms with Crippen molar-refractivity contribution in [3.63, 3.8) is 0 Å². The molecule has 0 atom stereocenters. The molecule has 0 saturated carbocycles. The number of aromatic nitrogens is 6. The van der Waals surface area contributed by atoms with E-state index >= 15 is 0 Å². The minimum absolute atomic E-state index is 0.0413. The Bertz CT molecular complexity index is 1180. The molecule has 3 aromatic heterocycles. The maximum absolute atomic E-state index is 13.1. The monoisotopic (exact) mass is 433 g/mol. The molecule has 0 radical (unpaired) electrons. The standard InChI is InChI=1S/C22H20FN7O2/c23-16-4-2-15(3-5-16)18-14-19(26-25-18)22(31)29-12-8-17(9-13-29)32-21-7-6-20(27-28-21)30-11-1-10-24-30/h1-7,10-11,14,17H,8-9,12-13H2,(H,25,26). The molecule has 1 N–H and O–H groups in total. The smallest absolute Gasteiger partial charge is 0.271 e. The van der Waals surface area contributed by atoms with E-state index in [0.29, 0.717) is 49.0 Å². The topological polar surface area (TPSA) is 102 Å². The van der Waals surface area contributed by atoms with Gasteiger partial charge in [-0.25, -0.2) is 9.07 Å². The minimum atomic E-state index is -0.314. The first kappa shape index (κ1) is 19.9. The molecular formula is C22H20FN7O2. The van der Waals surface area contributed by atoms with Crippen molar-refractivity contribution in [3.8, 4) is 23.0 Å². The predicted molar refractivity (Wildman–Crippen MR) is 113 cm³/mol. The molecule has 162 valence electrons. The van der Waals surface area contributed by atoms with E-state index in [9.17, 15) is 9.18 Å². The Balaban J connectivity index is 1.16. The Morgan fingerprint density at radius 1 is 1.09 bits per heavy atom. The summed E-state index contributed by atoms with van der Waals surface area (Å²) >= 11 is 0. The van der Waals surface area contributed by atoms with Gasteiger partial charge in [-0.15, -0.1) is 10.2 Å². The van der Waals surface area contributed by atoms with Crippen molar-refractivity contribution in [2.75, 3.05) is 13.1 Å². The van der Waals surface area contributed by atoms with Crippen LogP contribution in [0.15, 0.2) is 60.9 Å². The van der Waals surface area contributed by atoms with Gasteiger partial charge in [-0.05, 0) is 42.5 Å². The van der Waals surface area contributed by atoms with E-state index < -0.39 is 0 Å². The van der Waals surface area contributed by atoms with Gasteiger partial charge in [0.15, 0.2) is 5.82 Å². The first-order chi connectivity index (χ1) is 15.7. The highest BCUT2D eigenvalue weighted by molar-refractivity contribution is 5.93. The second-order valence-electron chi connectivity index (χ2n) is 7.46. The summed E-state index contributed by atoms with van der Waals surface area (Å²) in [6, 6.07) is 13.1. The van der Waals surface area contributed by atoms with Crippen LogP contribution in [0.25, 0.3) is 17.1 Å². The van der Waals surface area contributed by atoms with Crippen LogP contribution in [-0.4, -0.2) is 60.2 Å². The molecule has 0 unspecified atom stereocenters. The fourth-order valence-electron chi connectivity index (χ4n) is 3.62. The number of hydrogen-bond donors (Lipinski definition) is 1. The largest absolute Gasteiger partial charge is 0.473 e. The number of benzene rings is 1. The van der Waals surface area contributed by atoms with Crippen LogP contribution in [0, 0.1) is 5.82 Å². The minimum Gasteiger partial charge on any atom is -0.473 e. The number of likely N-dealkylation sites (tertiary alicyclic amines) is 1. The zero-order chi connectivity index (χ0) is 21.9. The Labute approximate surface area is 182 Å². The average Bonchev–Trinajstić information content (AvgIpc) is 3.53. The molecule has 1 aliphatic heterocycles. The van der Waals surface area contributed by atoms with Crippen LogP contribution in [0.1, 0.15) is 23.3 Å². The van der Waals surface area contributed by atoms with Gasteiger partial charge in [-0.2, -0.15) is 10.2 Å². The summed E-state index contributed by atoms with van der Waals surface area (Å²) in [4.78, 5) is 14.6. The predicted octanol–water partition coefficient (Wildman–Crippen LogP) is 2.88. The molecule has 32 heavy (non-hydrogen) atoms. The summed E-state index contributed by atoms with van der Waals surface area (Å²) in [5.41, 5.74) is 1.75. The lowest BCUT2D eigenvalue weighted by Crippen LogP contribution is -2.42. The van der Waals surface area contributed by atoms with Gasteiger partial charge >= 0.3 is 0 Å². The van der Waals surface area contributed by atoms with Crippen LogP contribution in [0.5, 0.6) is 5.88 Å². The molecule has 10 heteroatoms. The molecule has 1 aliphatic rings. The van der Waals surface area contributed by atoms with Crippen molar-refractivity contribution in [2.24, 2.45) is 0 Å². The summed E-state index contributed by atoms with van der Waals surface area (Å²) in [7, 11) is 0. The number of nitrogens with one attached hydrogen (secondary N) is 1. The van der Waals surface area contributed by atoms with Gasteiger partial charge in [0.05, 0.1) is 5.69 Å². The molecule has 0 aliphatic carbocycles. The SMILES string of the molecule is O=C(c1cc(-c2ccc(F)cc2)n[nH]1)N1CCC(Oc2ccc(-n3cccn3)nn2)CC1. The van der Waals surface area contributed by atoms with Gasteiger partial charge in [-0.3, -0.25) is 9.89 Å². The molecule has 1 aromatic carbocycles. The summed E-state index contributed by atoms with van der Waals surface area (Å²) in [6.07, 6.45) is 4.80. The normalized spacial score (nSPS) is 14.5. The highest BCUT2D eigenvalue weighted by Crippen LogP contribution is 2.21. The van der Waals surface area contributed by atoms with E-state index in [0.717, 1.165) is 5.56 Å². The van der Waals surface area contributed by atoms with Gasteiger partial charge in [0.1, 0.15) is 17.6 Å². The van der Waals surface area contributed by atoms with Crippen molar-refractivity contribution < 1.29 is 13.9 Å². The number of ether oxygens (including phenoxy) is 1. The number of H-pyrrole nitrogens is 1. The molecule has 0 spiro atoms. The summed E-state index contributed by atoms with van der Waals surface area (Å²) in [5, 5.41) is 19.3. The number of rotatable bonds is 5. The lowest BCUT2D eigenvalue weighted by atomic mass is 10.1. The van der Waals surface area contributed by atoms with Crippen LogP contribution in [-0.2, 0) is 0 Å². The number of carbonyl (C=O) groups excluding carboxylic acids is 1. The first-order valence-corrected chi connectivity index (χ1v) is 10.3. The number of carbonyl (C=O) groups is 1. The average molecular weight is 433 g/mol. The third kappa shape index (κ3) is 4.20. The number of nitrogens with zero attached hydrogens (tertiary/aromatic N) is 6. The molecule has 1 fully saturated rings. The zero-order valence-corrected chi connectivity index (χ0v) is 17.1. The van der Waals surface area contributed by atoms with Crippen LogP contribution < -0.4 is 4.74 Å². The molecule has 4 aromatic rings. The number of halogens is 1. The summed E-state index contributed by atoms with van der Waals surface area (Å²) < 4.78 is 20.7.